The highest BCUT2D eigenvalue weighted by molar-refractivity contribution is 5.88. The number of ether oxygens (including phenoxy) is 2. The van der Waals surface area contributed by atoms with E-state index in [1.165, 1.54) is 0 Å². The van der Waals surface area contributed by atoms with Gasteiger partial charge in [-0.05, 0) is 49.8 Å². The number of carbonyl (C=O) groups excluding carboxylic acids is 2. The van der Waals surface area contributed by atoms with Gasteiger partial charge in [-0.2, -0.15) is 0 Å². The van der Waals surface area contributed by atoms with Gasteiger partial charge in [-0.25, -0.2) is 0 Å². The molecule has 1 unspecified atom stereocenters. The van der Waals surface area contributed by atoms with Gasteiger partial charge in [0.05, 0.1) is 41.3 Å². The number of esters is 1. The van der Waals surface area contributed by atoms with Crippen LogP contribution in [0.4, 0.5) is 0 Å². The number of hydrogen-bond donors (Lipinski definition) is 2. The highest BCUT2D eigenvalue weighted by Crippen LogP contribution is 2.46. The number of rotatable bonds is 3. The van der Waals surface area contributed by atoms with Crippen LogP contribution in [0.2, 0.25) is 0 Å². The third-order valence-electron chi connectivity index (χ3n) is 8.65. The van der Waals surface area contributed by atoms with Crippen molar-refractivity contribution in [2.75, 3.05) is 0 Å². The van der Waals surface area contributed by atoms with E-state index in [4.69, 9.17) is 9.47 Å². The molecule has 4 rings (SSSR count). The number of nitrogens with zero attached hydrogens (tertiary/aromatic N) is 1. The van der Waals surface area contributed by atoms with Crippen LogP contribution >= 0.6 is 0 Å². The van der Waals surface area contributed by atoms with Gasteiger partial charge in [0, 0.05) is 23.9 Å². The Morgan fingerprint density at radius 1 is 1.18 bits per heavy atom. The molecule has 0 bridgehead atoms. The minimum absolute atomic E-state index is 0.0793. The van der Waals surface area contributed by atoms with E-state index in [0.29, 0.717) is 12.8 Å². The van der Waals surface area contributed by atoms with Crippen molar-refractivity contribution in [1.29, 1.82) is 0 Å². The maximum absolute atomic E-state index is 13.6. The Kier molecular flexibility index (Phi) is 8.40. The largest absolute Gasteiger partial charge is 0.457 e. The molecule has 2 fully saturated rings. The second-order valence-corrected chi connectivity index (χ2v) is 11.9. The zero-order valence-electron chi connectivity index (χ0n) is 22.9. The lowest BCUT2D eigenvalue weighted by atomic mass is 9.71. The van der Waals surface area contributed by atoms with E-state index in [-0.39, 0.29) is 29.8 Å². The zero-order chi connectivity index (χ0) is 27.7. The maximum Gasteiger partial charge on any atom is 0.309 e. The fraction of sp³-hybridized carbons (Fsp3) is 0.581. The average Bonchev–Trinajstić information content (AvgIpc) is 3.53. The maximum atomic E-state index is 13.6. The Morgan fingerprint density at radius 2 is 1.95 bits per heavy atom. The molecule has 2 aromatic rings. The van der Waals surface area contributed by atoms with Crippen LogP contribution in [-0.2, 0) is 19.1 Å². The van der Waals surface area contributed by atoms with Gasteiger partial charge in [0.25, 0.3) is 0 Å². The number of cyclic esters (lactones) is 1. The Labute approximate surface area is 225 Å². The van der Waals surface area contributed by atoms with Crippen molar-refractivity contribution in [2.45, 2.75) is 96.2 Å². The van der Waals surface area contributed by atoms with E-state index in [1.54, 1.807) is 26.1 Å². The number of carbonyl (C=O) groups is 2. The molecule has 2 aliphatic rings. The lowest BCUT2D eigenvalue weighted by Gasteiger charge is -2.35. The molecular formula is C31H41NO6. The van der Waals surface area contributed by atoms with Crippen molar-refractivity contribution >= 4 is 22.7 Å². The number of Topliss-reactive ketones (excluding diaryl/α,β-unsaturated/α-hetero) is 1. The summed E-state index contributed by atoms with van der Waals surface area (Å²) < 4.78 is 12.1. The third-order valence-corrected chi connectivity index (χ3v) is 8.65. The number of aliphatic hydroxyl groups excluding tert-OH is 2. The van der Waals surface area contributed by atoms with E-state index < -0.39 is 35.6 Å². The molecule has 0 saturated carbocycles. The summed E-state index contributed by atoms with van der Waals surface area (Å²) in [6, 6.07) is 9.68. The van der Waals surface area contributed by atoms with Crippen LogP contribution in [0.15, 0.2) is 49.2 Å². The second-order valence-electron chi connectivity index (χ2n) is 11.9. The predicted octanol–water partition coefficient (Wildman–Crippen LogP) is 5.09. The first-order valence-electron chi connectivity index (χ1n) is 13.7. The smallest absolute Gasteiger partial charge is 0.309 e. The first-order valence-corrected chi connectivity index (χ1v) is 13.7. The van der Waals surface area contributed by atoms with E-state index in [2.05, 4.69) is 18.5 Å². The number of pyridine rings is 1. The minimum Gasteiger partial charge on any atom is -0.457 e. The van der Waals surface area contributed by atoms with Gasteiger partial charge in [0.2, 0.25) is 0 Å². The van der Waals surface area contributed by atoms with E-state index >= 15 is 0 Å². The fourth-order valence-corrected chi connectivity index (χ4v) is 5.72. The summed E-state index contributed by atoms with van der Waals surface area (Å²) in [7, 11) is 0. The van der Waals surface area contributed by atoms with Crippen molar-refractivity contribution in [3.63, 3.8) is 0 Å². The first-order chi connectivity index (χ1) is 18.0. The number of benzene rings is 1. The Bertz CT molecular complexity index is 1180. The van der Waals surface area contributed by atoms with Gasteiger partial charge in [-0.3, -0.25) is 14.6 Å². The number of ketones is 1. The molecule has 7 atom stereocenters. The Balaban J connectivity index is 1.63. The van der Waals surface area contributed by atoms with E-state index in [0.717, 1.165) is 35.7 Å². The zero-order valence-corrected chi connectivity index (χ0v) is 22.9. The summed E-state index contributed by atoms with van der Waals surface area (Å²) >= 11 is 0. The molecule has 206 valence electrons. The van der Waals surface area contributed by atoms with Crippen molar-refractivity contribution in [3.05, 3.63) is 54.7 Å². The topological polar surface area (TPSA) is 109 Å². The summed E-state index contributed by atoms with van der Waals surface area (Å²) in [5.41, 5.74) is 0.0287. The fourth-order valence-electron chi connectivity index (χ4n) is 5.72. The van der Waals surface area contributed by atoms with Gasteiger partial charge in [0.1, 0.15) is 11.9 Å². The molecule has 1 aromatic heterocycles. The monoisotopic (exact) mass is 523 g/mol. The summed E-state index contributed by atoms with van der Waals surface area (Å²) in [5, 5.41) is 23.2. The molecule has 2 aliphatic heterocycles. The van der Waals surface area contributed by atoms with Crippen molar-refractivity contribution in [1.82, 2.24) is 4.98 Å². The highest BCUT2D eigenvalue weighted by Gasteiger charge is 2.53. The van der Waals surface area contributed by atoms with Gasteiger partial charge < -0.3 is 19.7 Å². The normalized spacial score (nSPS) is 34.8. The molecule has 2 saturated heterocycles. The number of aromatic nitrogens is 1. The highest BCUT2D eigenvalue weighted by atomic mass is 16.6. The molecule has 3 heterocycles. The average molecular weight is 524 g/mol. The van der Waals surface area contributed by atoms with Crippen molar-refractivity contribution < 1.29 is 29.3 Å². The number of allylic oxidation sites excluding steroid dienone is 1. The quantitative estimate of drug-likeness (QED) is 0.328. The lowest BCUT2D eigenvalue weighted by Crippen LogP contribution is -2.46. The van der Waals surface area contributed by atoms with Crippen molar-refractivity contribution in [2.24, 2.45) is 17.3 Å². The summed E-state index contributed by atoms with van der Waals surface area (Å²) in [4.78, 5) is 31.2. The summed E-state index contributed by atoms with van der Waals surface area (Å²) in [5.74, 6) is -1.70. The molecule has 38 heavy (non-hydrogen) atoms. The molecule has 2 N–H and O–H groups in total. The van der Waals surface area contributed by atoms with Crippen LogP contribution in [0, 0.1) is 17.3 Å². The molecule has 1 aromatic carbocycles. The van der Waals surface area contributed by atoms with Gasteiger partial charge in [0.15, 0.2) is 0 Å². The van der Waals surface area contributed by atoms with E-state index in [9.17, 15) is 19.8 Å². The number of aliphatic hydroxyl groups is 2. The number of fused-ring (bicyclic) bond motifs is 2. The van der Waals surface area contributed by atoms with E-state index in [1.807, 2.05) is 37.3 Å². The molecule has 0 spiro atoms. The summed E-state index contributed by atoms with van der Waals surface area (Å²) in [6.07, 6.45) is 3.37. The van der Waals surface area contributed by atoms with Gasteiger partial charge >= 0.3 is 5.97 Å². The Hall–Kier alpha value is -2.61. The number of hydrogen-bond acceptors (Lipinski definition) is 7. The minimum atomic E-state index is -1.27. The lowest BCUT2D eigenvalue weighted by molar-refractivity contribution is -0.156. The Morgan fingerprint density at radius 3 is 2.68 bits per heavy atom. The van der Waals surface area contributed by atoms with Crippen molar-refractivity contribution in [3.8, 4) is 0 Å². The molecule has 0 radical (unpaired) electrons. The van der Waals surface area contributed by atoms with Crippen LogP contribution in [0.25, 0.3) is 10.9 Å². The van der Waals surface area contributed by atoms with Crippen LogP contribution in [0.3, 0.4) is 0 Å². The first kappa shape index (κ1) is 28.4. The van der Waals surface area contributed by atoms with Crippen LogP contribution < -0.4 is 0 Å². The molecular weight excluding hydrogens is 482 g/mol. The standard InChI is InChI=1S/C31H41NO6/c1-6-9-22-28(35)19(2)10-7-14-31(5)26(38-31)17-24(21-13-12-20-11-8-15-32-23(20)16-21)37-27(34)18-25(33)30(3,4)29(22)36/h6,8,11-13,15-16,19,22,24-26,28,33,35H,1,7,9-10,14,17-18H2,2-5H3/t19-,22-,24-,25+,26?,28+,31+/m0/s1. The van der Waals surface area contributed by atoms with Gasteiger partial charge in [-0.15, -0.1) is 6.58 Å². The number of epoxide rings is 1. The molecule has 7 nitrogen and oxygen atoms in total. The van der Waals surface area contributed by atoms with Crippen LogP contribution in [0.5, 0.6) is 0 Å². The van der Waals surface area contributed by atoms with Crippen LogP contribution in [-0.4, -0.2) is 50.9 Å². The molecule has 0 amide bonds. The SMILES string of the molecule is C=CC[C@@H]1C(=O)C(C)(C)[C@H](O)CC(=O)O[C@H](c2ccc3cccnc3c2)CC2O[C@]2(C)CCC[C@H](C)[C@H]1O. The third kappa shape index (κ3) is 6.00. The van der Waals surface area contributed by atoms with Gasteiger partial charge in [-0.1, -0.05) is 51.5 Å². The second kappa shape index (κ2) is 11.2. The van der Waals surface area contributed by atoms with Crippen LogP contribution in [0.1, 0.15) is 77.9 Å². The molecule has 0 aliphatic carbocycles. The molecule has 7 heteroatoms. The predicted molar refractivity (Wildman–Crippen MR) is 145 cm³/mol. The summed E-state index contributed by atoms with van der Waals surface area (Å²) in [6.45, 7) is 11.0.